The van der Waals surface area contributed by atoms with Crippen LogP contribution in [0.3, 0.4) is 0 Å². The molecule has 1 saturated heterocycles. The second-order valence-electron chi connectivity index (χ2n) is 5.12. The Balaban J connectivity index is 2.48. The van der Waals surface area contributed by atoms with Gasteiger partial charge >= 0.3 is 0 Å². The molecule has 2 rings (SSSR count). The number of hydrogen-bond donors (Lipinski definition) is 1. The third-order valence-corrected chi connectivity index (χ3v) is 4.39. The summed E-state index contributed by atoms with van der Waals surface area (Å²) in [6.07, 6.45) is 0.472. The van der Waals surface area contributed by atoms with Crippen LogP contribution in [0.4, 0.5) is 10.1 Å². The van der Waals surface area contributed by atoms with Gasteiger partial charge in [0.05, 0.1) is 4.47 Å². The molecule has 6 heteroatoms. The second-order valence-corrected chi connectivity index (χ2v) is 5.98. The van der Waals surface area contributed by atoms with Crippen molar-refractivity contribution < 1.29 is 14.0 Å². The smallest absolute Gasteiger partial charge is 0.253 e. The number of nitrogens with zero attached hydrogens (tertiary/aromatic N) is 1. The summed E-state index contributed by atoms with van der Waals surface area (Å²) in [5, 5.41) is 2.73. The Bertz CT molecular complexity index is 578. The third kappa shape index (κ3) is 2.32. The van der Waals surface area contributed by atoms with Crippen LogP contribution in [0, 0.1) is 5.82 Å². The largest absolute Gasteiger partial charge is 0.340 e. The van der Waals surface area contributed by atoms with Crippen LogP contribution in [0.25, 0.3) is 0 Å². The summed E-state index contributed by atoms with van der Waals surface area (Å²) in [5.41, 5.74) is -0.564. The Morgan fingerprint density at radius 1 is 1.45 bits per heavy atom. The van der Waals surface area contributed by atoms with E-state index in [1.165, 1.54) is 17.0 Å². The molecule has 1 aliphatic rings. The lowest BCUT2D eigenvalue weighted by Crippen LogP contribution is -2.68. The van der Waals surface area contributed by atoms with Crippen molar-refractivity contribution in [3.05, 3.63) is 28.5 Å². The van der Waals surface area contributed by atoms with Gasteiger partial charge in [-0.3, -0.25) is 14.5 Å². The zero-order valence-electron chi connectivity index (χ0n) is 11.5. The molecule has 0 spiro atoms. The topological polar surface area (TPSA) is 49.4 Å². The Morgan fingerprint density at radius 2 is 2.10 bits per heavy atom. The average Bonchev–Trinajstić information content (AvgIpc) is 2.41. The molecule has 2 atom stereocenters. The van der Waals surface area contributed by atoms with Crippen molar-refractivity contribution in [2.24, 2.45) is 0 Å². The van der Waals surface area contributed by atoms with Gasteiger partial charge in [0, 0.05) is 5.69 Å². The predicted molar refractivity (Wildman–Crippen MR) is 77.9 cm³/mol. The van der Waals surface area contributed by atoms with Crippen LogP contribution in [0.15, 0.2) is 22.7 Å². The van der Waals surface area contributed by atoms with Crippen LogP contribution in [0.1, 0.15) is 27.2 Å². The molecule has 0 radical (unpaired) electrons. The van der Waals surface area contributed by atoms with Crippen molar-refractivity contribution in [2.45, 2.75) is 38.8 Å². The van der Waals surface area contributed by atoms with Crippen LogP contribution in [-0.4, -0.2) is 23.4 Å². The zero-order valence-corrected chi connectivity index (χ0v) is 13.1. The molecule has 1 N–H and O–H groups in total. The van der Waals surface area contributed by atoms with E-state index in [0.29, 0.717) is 16.6 Å². The number of rotatable bonds is 2. The first kappa shape index (κ1) is 15.0. The summed E-state index contributed by atoms with van der Waals surface area (Å²) in [5.74, 6) is -0.933. The summed E-state index contributed by atoms with van der Waals surface area (Å²) in [6.45, 7) is 5.14. The van der Waals surface area contributed by atoms with Crippen molar-refractivity contribution in [2.75, 3.05) is 4.90 Å². The summed E-state index contributed by atoms with van der Waals surface area (Å²) in [4.78, 5) is 26.0. The second kappa shape index (κ2) is 5.16. The molecular formula is C14H16BrFN2O2. The quantitative estimate of drug-likeness (QED) is 0.898. The molecule has 1 aromatic rings. The van der Waals surface area contributed by atoms with E-state index in [2.05, 4.69) is 21.2 Å². The van der Waals surface area contributed by atoms with Crippen molar-refractivity contribution in [1.82, 2.24) is 5.32 Å². The minimum Gasteiger partial charge on any atom is -0.340 e. The maximum Gasteiger partial charge on any atom is 0.253 e. The molecule has 1 fully saturated rings. The number of halogens is 2. The van der Waals surface area contributed by atoms with Crippen LogP contribution in [0.5, 0.6) is 0 Å². The van der Waals surface area contributed by atoms with E-state index < -0.39 is 17.4 Å². The van der Waals surface area contributed by atoms with Gasteiger partial charge in [0.15, 0.2) is 0 Å². The fraction of sp³-hybridized carbons (Fsp3) is 0.429. The molecule has 1 aliphatic heterocycles. The average molecular weight is 343 g/mol. The van der Waals surface area contributed by atoms with E-state index in [-0.39, 0.29) is 11.8 Å². The first-order chi connectivity index (χ1) is 9.30. The summed E-state index contributed by atoms with van der Waals surface area (Å²) >= 11 is 3.07. The number of benzene rings is 1. The van der Waals surface area contributed by atoms with Crippen molar-refractivity contribution in [3.63, 3.8) is 0 Å². The number of amides is 2. The molecule has 20 heavy (non-hydrogen) atoms. The molecule has 0 bridgehead atoms. The molecule has 0 aliphatic carbocycles. The van der Waals surface area contributed by atoms with Gasteiger partial charge in [-0.1, -0.05) is 6.92 Å². The van der Waals surface area contributed by atoms with Gasteiger partial charge in [0.2, 0.25) is 5.91 Å². The fourth-order valence-electron chi connectivity index (χ4n) is 2.20. The van der Waals surface area contributed by atoms with Crippen molar-refractivity contribution >= 4 is 33.4 Å². The Labute approximate surface area is 125 Å². The lowest BCUT2D eigenvalue weighted by molar-refractivity contribution is -0.137. The molecule has 1 heterocycles. The molecule has 0 aromatic heterocycles. The minimum atomic E-state index is -0.951. The summed E-state index contributed by atoms with van der Waals surface area (Å²) < 4.78 is 14.0. The monoisotopic (exact) mass is 342 g/mol. The molecule has 2 amide bonds. The highest BCUT2D eigenvalue weighted by molar-refractivity contribution is 9.10. The summed E-state index contributed by atoms with van der Waals surface area (Å²) in [7, 11) is 0. The fourth-order valence-corrected chi connectivity index (χ4v) is 2.45. The molecular weight excluding hydrogens is 327 g/mol. The standard InChI is InChI=1S/C14H16BrFN2O2/c1-4-14(3)13(20)18(8(2)12(19)17-14)9-5-6-10(15)11(16)7-9/h5-8H,4H2,1-3H3,(H,17,19). The Morgan fingerprint density at radius 3 is 2.65 bits per heavy atom. The maximum atomic E-state index is 13.7. The highest BCUT2D eigenvalue weighted by atomic mass is 79.9. The SMILES string of the molecule is CCC1(C)NC(=O)C(C)N(c2ccc(Br)c(F)c2)C1=O. The first-order valence-electron chi connectivity index (χ1n) is 6.41. The Kier molecular flexibility index (Phi) is 3.86. The maximum absolute atomic E-state index is 13.7. The molecule has 4 nitrogen and oxygen atoms in total. The lowest BCUT2D eigenvalue weighted by Gasteiger charge is -2.43. The minimum absolute atomic E-state index is 0.228. The molecule has 1 aromatic carbocycles. The van der Waals surface area contributed by atoms with Gasteiger partial charge in [-0.05, 0) is 54.4 Å². The highest BCUT2D eigenvalue weighted by Crippen LogP contribution is 2.29. The summed E-state index contributed by atoms with van der Waals surface area (Å²) in [6, 6.07) is 3.74. The van der Waals surface area contributed by atoms with E-state index in [1.807, 2.05) is 6.92 Å². The van der Waals surface area contributed by atoms with E-state index in [1.54, 1.807) is 19.9 Å². The Hall–Kier alpha value is -1.43. The van der Waals surface area contributed by atoms with Crippen LogP contribution in [-0.2, 0) is 9.59 Å². The first-order valence-corrected chi connectivity index (χ1v) is 7.20. The van der Waals surface area contributed by atoms with Crippen molar-refractivity contribution in [1.29, 1.82) is 0 Å². The van der Waals surface area contributed by atoms with Crippen LogP contribution in [0.2, 0.25) is 0 Å². The highest BCUT2D eigenvalue weighted by Gasteiger charge is 2.46. The number of carbonyl (C=O) groups is 2. The van der Waals surface area contributed by atoms with E-state index in [9.17, 15) is 14.0 Å². The van der Waals surface area contributed by atoms with Gasteiger partial charge in [0.1, 0.15) is 17.4 Å². The number of carbonyl (C=O) groups excluding carboxylic acids is 2. The van der Waals surface area contributed by atoms with Crippen LogP contribution < -0.4 is 10.2 Å². The molecule has 2 unspecified atom stereocenters. The lowest BCUT2D eigenvalue weighted by atomic mass is 9.92. The third-order valence-electron chi connectivity index (χ3n) is 3.75. The van der Waals surface area contributed by atoms with Gasteiger partial charge in [-0.25, -0.2) is 4.39 Å². The number of hydrogen-bond acceptors (Lipinski definition) is 2. The normalized spacial score (nSPS) is 26.6. The van der Waals surface area contributed by atoms with E-state index in [0.717, 1.165) is 0 Å². The van der Waals surface area contributed by atoms with E-state index >= 15 is 0 Å². The zero-order chi connectivity index (χ0) is 15.1. The molecule has 108 valence electrons. The van der Waals surface area contributed by atoms with E-state index in [4.69, 9.17) is 0 Å². The van der Waals surface area contributed by atoms with Crippen LogP contribution >= 0.6 is 15.9 Å². The van der Waals surface area contributed by atoms with Gasteiger partial charge < -0.3 is 5.32 Å². The van der Waals surface area contributed by atoms with Gasteiger partial charge in [0.25, 0.3) is 5.91 Å². The molecule has 0 saturated carbocycles. The number of nitrogens with one attached hydrogen (secondary N) is 1. The van der Waals surface area contributed by atoms with Gasteiger partial charge in [-0.15, -0.1) is 0 Å². The predicted octanol–water partition coefficient (Wildman–Crippen LogP) is 2.61. The number of anilines is 1. The van der Waals surface area contributed by atoms with Gasteiger partial charge in [-0.2, -0.15) is 0 Å². The van der Waals surface area contributed by atoms with Crippen molar-refractivity contribution in [3.8, 4) is 0 Å². The number of piperazine rings is 1.